The topological polar surface area (TPSA) is 122 Å². The summed E-state index contributed by atoms with van der Waals surface area (Å²) in [6.45, 7) is 3.33. The van der Waals surface area contributed by atoms with Crippen LogP contribution in [0.5, 0.6) is 0 Å². The van der Waals surface area contributed by atoms with Crippen LogP contribution >= 0.6 is 0 Å². The van der Waals surface area contributed by atoms with E-state index < -0.39 is 11.6 Å². The summed E-state index contributed by atoms with van der Waals surface area (Å²) >= 11 is 0. The normalized spacial score (nSPS) is 23.9. The van der Waals surface area contributed by atoms with Gasteiger partial charge in [0.25, 0.3) is 0 Å². The van der Waals surface area contributed by atoms with Crippen LogP contribution in [0, 0.1) is 23.0 Å². The van der Waals surface area contributed by atoms with Crippen molar-refractivity contribution < 1.29 is 18.3 Å². The number of imidazole rings is 1. The Kier molecular flexibility index (Phi) is 8.68. The zero-order chi connectivity index (χ0) is 28.2. The van der Waals surface area contributed by atoms with Gasteiger partial charge < -0.3 is 30.9 Å². The molecule has 3 heterocycles. The Morgan fingerprint density at radius 3 is 2.62 bits per heavy atom. The fourth-order valence-electron chi connectivity index (χ4n) is 6.07. The fraction of sp³-hybridized carbons (Fsp3) is 0.433. The Morgan fingerprint density at radius 1 is 1.18 bits per heavy atom. The lowest BCUT2D eigenvalue weighted by atomic mass is 9.74. The minimum absolute atomic E-state index is 0.0412. The lowest BCUT2D eigenvalue weighted by Gasteiger charge is -2.38. The molecule has 0 radical (unpaired) electrons. The second-order valence-corrected chi connectivity index (χ2v) is 10.8. The summed E-state index contributed by atoms with van der Waals surface area (Å²) in [6, 6.07) is 4.63. The van der Waals surface area contributed by atoms with E-state index in [4.69, 9.17) is 20.6 Å². The number of allylic oxidation sites excluding steroid dienone is 1. The van der Waals surface area contributed by atoms with Gasteiger partial charge in [-0.15, -0.1) is 0 Å². The molecule has 5 rings (SSSR count). The maximum absolute atomic E-state index is 14.9. The first-order valence-corrected chi connectivity index (χ1v) is 13.7. The number of hydrogen-bond acceptors (Lipinski definition) is 7. The molecule has 0 unspecified atom stereocenters. The molecule has 40 heavy (non-hydrogen) atoms. The van der Waals surface area contributed by atoms with Crippen molar-refractivity contribution in [3.05, 3.63) is 76.9 Å². The van der Waals surface area contributed by atoms with Crippen molar-refractivity contribution in [1.82, 2.24) is 15.0 Å². The highest BCUT2D eigenvalue weighted by Crippen LogP contribution is 2.40. The van der Waals surface area contributed by atoms with E-state index in [-0.39, 0.29) is 35.3 Å². The van der Waals surface area contributed by atoms with Crippen molar-refractivity contribution in [2.75, 3.05) is 25.6 Å². The summed E-state index contributed by atoms with van der Waals surface area (Å²) in [6.07, 6.45) is 11.3. The molecule has 0 bridgehead atoms. The molecule has 2 aromatic heterocycles. The Balaban J connectivity index is 1.27. The standard InChI is InChI=1S/C30H36F2N6O2/c1-17-11-20(14-26(34)29(17)39-2)22-5-8-35-16-27(22)38-30-36-15-21(37-30)3-4-25(33)28-23(31)12-19(13-24(28)32)18-6-9-40-10-7-18/h3-5,8,12-13,15-18,20,26,29,33H,6-7,9-11,14,34H2,1-2H3,(H2,36,37,38)/b4-3-,33-25?/t17-,20+,26+,29+/m0/s1. The maximum atomic E-state index is 14.9. The van der Waals surface area contributed by atoms with Gasteiger partial charge in [-0.25, -0.2) is 13.8 Å². The van der Waals surface area contributed by atoms with Gasteiger partial charge in [0, 0.05) is 32.6 Å². The number of aromatic amines is 1. The Labute approximate surface area is 232 Å². The molecule has 3 aromatic rings. The van der Waals surface area contributed by atoms with E-state index in [1.807, 2.05) is 6.07 Å². The van der Waals surface area contributed by atoms with E-state index in [0.717, 1.165) is 36.9 Å². The third-order valence-electron chi connectivity index (χ3n) is 8.07. The number of pyridine rings is 1. The van der Waals surface area contributed by atoms with Gasteiger partial charge in [-0.1, -0.05) is 6.92 Å². The first-order valence-electron chi connectivity index (χ1n) is 13.7. The van der Waals surface area contributed by atoms with Crippen molar-refractivity contribution in [1.29, 1.82) is 5.41 Å². The van der Waals surface area contributed by atoms with Gasteiger partial charge in [-0.3, -0.25) is 4.98 Å². The third-order valence-corrected chi connectivity index (χ3v) is 8.07. The van der Waals surface area contributed by atoms with Crippen molar-refractivity contribution in [3.8, 4) is 0 Å². The highest BCUT2D eigenvalue weighted by Gasteiger charge is 2.35. The van der Waals surface area contributed by atoms with Crippen molar-refractivity contribution in [2.24, 2.45) is 11.7 Å². The second kappa shape index (κ2) is 12.4. The number of ether oxygens (including phenoxy) is 2. The van der Waals surface area contributed by atoms with Crippen LogP contribution < -0.4 is 11.1 Å². The number of aromatic nitrogens is 3. The van der Waals surface area contributed by atoms with Gasteiger partial charge in [0.1, 0.15) is 11.6 Å². The molecule has 1 saturated carbocycles. The van der Waals surface area contributed by atoms with E-state index in [0.29, 0.717) is 36.3 Å². The fourth-order valence-corrected chi connectivity index (χ4v) is 6.07. The summed E-state index contributed by atoms with van der Waals surface area (Å²) in [5.74, 6) is -0.348. The first kappa shape index (κ1) is 28.1. The number of nitrogens with one attached hydrogen (secondary N) is 3. The SMILES string of the molecule is CO[C@H]1[C@H](N)C[C@H](c2ccncc2Nc2ncc(/C=C\C(=N)c3c(F)cc(C4CCOCC4)cc3F)[nH]2)C[C@@H]1C. The van der Waals surface area contributed by atoms with E-state index in [1.54, 1.807) is 31.8 Å². The van der Waals surface area contributed by atoms with Gasteiger partial charge in [-0.2, -0.15) is 0 Å². The van der Waals surface area contributed by atoms with E-state index >= 15 is 0 Å². The number of anilines is 2. The predicted octanol–water partition coefficient (Wildman–Crippen LogP) is 5.66. The summed E-state index contributed by atoms with van der Waals surface area (Å²) in [7, 11) is 1.71. The van der Waals surface area contributed by atoms with Crippen molar-refractivity contribution in [3.63, 3.8) is 0 Å². The molecule has 5 N–H and O–H groups in total. The van der Waals surface area contributed by atoms with Gasteiger partial charge in [0.15, 0.2) is 0 Å². The molecule has 0 spiro atoms. The molecule has 1 aromatic carbocycles. The number of halogens is 2. The van der Waals surface area contributed by atoms with E-state index in [9.17, 15) is 8.78 Å². The molecule has 2 fully saturated rings. The monoisotopic (exact) mass is 550 g/mol. The van der Waals surface area contributed by atoms with Gasteiger partial charge in [0.05, 0.1) is 41.2 Å². The number of methoxy groups -OCH3 is 1. The number of rotatable bonds is 8. The summed E-state index contributed by atoms with van der Waals surface area (Å²) in [4.78, 5) is 11.8. The minimum Gasteiger partial charge on any atom is -0.381 e. The van der Waals surface area contributed by atoms with Crippen LogP contribution in [0.2, 0.25) is 0 Å². The molecular weight excluding hydrogens is 514 g/mol. The van der Waals surface area contributed by atoms with Gasteiger partial charge >= 0.3 is 0 Å². The van der Waals surface area contributed by atoms with Crippen LogP contribution in [-0.4, -0.2) is 53.1 Å². The molecular formula is C30H36F2N6O2. The highest BCUT2D eigenvalue weighted by atomic mass is 19.1. The molecule has 1 aliphatic carbocycles. The van der Waals surface area contributed by atoms with Crippen LogP contribution in [0.4, 0.5) is 20.4 Å². The molecule has 10 heteroatoms. The minimum atomic E-state index is -0.735. The molecule has 8 nitrogen and oxygen atoms in total. The predicted molar refractivity (Wildman–Crippen MR) is 151 cm³/mol. The quantitative estimate of drug-likeness (QED) is 0.269. The highest BCUT2D eigenvalue weighted by molar-refractivity contribution is 6.09. The Bertz CT molecular complexity index is 1330. The zero-order valence-corrected chi connectivity index (χ0v) is 22.8. The van der Waals surface area contributed by atoms with Crippen molar-refractivity contribution in [2.45, 2.75) is 56.6 Å². The summed E-state index contributed by atoms with van der Waals surface area (Å²) < 4.78 is 40.7. The molecule has 1 aliphatic heterocycles. The summed E-state index contributed by atoms with van der Waals surface area (Å²) in [5, 5.41) is 11.6. The maximum Gasteiger partial charge on any atom is 0.205 e. The van der Waals surface area contributed by atoms with E-state index in [2.05, 4.69) is 27.2 Å². The van der Waals surface area contributed by atoms with Crippen LogP contribution in [-0.2, 0) is 9.47 Å². The molecule has 4 atom stereocenters. The van der Waals surface area contributed by atoms with Crippen LogP contribution in [0.25, 0.3) is 6.08 Å². The lowest BCUT2D eigenvalue weighted by molar-refractivity contribution is 0.00984. The number of hydrogen-bond donors (Lipinski definition) is 4. The average molecular weight is 551 g/mol. The average Bonchev–Trinajstić information content (AvgIpc) is 3.39. The Hall–Kier alpha value is -3.47. The molecule has 2 aliphatic rings. The van der Waals surface area contributed by atoms with Gasteiger partial charge in [0.2, 0.25) is 5.95 Å². The summed E-state index contributed by atoms with van der Waals surface area (Å²) in [5.41, 5.74) is 8.94. The lowest BCUT2D eigenvalue weighted by Crippen LogP contribution is -2.45. The molecule has 1 saturated heterocycles. The van der Waals surface area contributed by atoms with Gasteiger partial charge in [-0.05, 0) is 84.9 Å². The third kappa shape index (κ3) is 6.14. The second-order valence-electron chi connectivity index (χ2n) is 10.8. The largest absolute Gasteiger partial charge is 0.381 e. The number of nitrogens with zero attached hydrogens (tertiary/aromatic N) is 2. The number of benzene rings is 1. The smallest absolute Gasteiger partial charge is 0.205 e. The van der Waals surface area contributed by atoms with E-state index in [1.165, 1.54) is 18.2 Å². The van der Waals surface area contributed by atoms with Crippen molar-refractivity contribution >= 4 is 23.4 Å². The molecule has 0 amide bonds. The van der Waals surface area contributed by atoms with Crippen LogP contribution in [0.1, 0.15) is 66.8 Å². The number of nitrogens with two attached hydrogens (primary N) is 1. The Morgan fingerprint density at radius 2 is 1.93 bits per heavy atom. The number of H-pyrrole nitrogens is 1. The molecule has 212 valence electrons. The first-order chi connectivity index (χ1) is 19.3. The zero-order valence-electron chi connectivity index (χ0n) is 22.8. The van der Waals surface area contributed by atoms with Crippen LogP contribution in [0.3, 0.4) is 0 Å². The van der Waals surface area contributed by atoms with Crippen LogP contribution in [0.15, 0.2) is 42.9 Å².